The van der Waals surface area contributed by atoms with E-state index < -0.39 is 18.3 Å². The van der Waals surface area contributed by atoms with E-state index in [1.807, 2.05) is 34.6 Å². The Labute approximate surface area is 116 Å². The lowest BCUT2D eigenvalue weighted by atomic mass is 9.79. The molecule has 108 valence electrons. The largest absolute Gasteiger partial charge is 0.497 e. The fourth-order valence-corrected chi connectivity index (χ4v) is 1.69. The highest BCUT2D eigenvalue weighted by Gasteiger charge is 2.52. The van der Waals surface area contributed by atoms with Gasteiger partial charge in [-0.25, -0.2) is 0 Å². The molecule has 0 unspecified atom stereocenters. The lowest BCUT2D eigenvalue weighted by molar-refractivity contribution is 0.00578. The topological polar surface area (TPSA) is 63.6 Å². The van der Waals surface area contributed by atoms with Crippen molar-refractivity contribution in [2.45, 2.75) is 51.9 Å². The first-order chi connectivity index (χ1) is 8.73. The van der Waals surface area contributed by atoms with Crippen LogP contribution in [0, 0.1) is 5.41 Å². The minimum Gasteiger partial charge on any atom is -0.399 e. The Bertz CT molecular complexity index is 340. The molecule has 0 aromatic rings. The first-order valence-electron chi connectivity index (χ1n) is 6.54. The summed E-state index contributed by atoms with van der Waals surface area (Å²) in [5, 5.41) is 10.7. The number of methoxy groups -OCH3 is 1. The molecule has 1 heterocycles. The summed E-state index contributed by atoms with van der Waals surface area (Å²) in [7, 11) is 1.15. The normalized spacial score (nSPS) is 23.3. The van der Waals surface area contributed by atoms with E-state index >= 15 is 0 Å². The molecule has 1 saturated heterocycles. The third kappa shape index (κ3) is 3.81. The van der Waals surface area contributed by atoms with Crippen LogP contribution in [-0.4, -0.2) is 44.3 Å². The smallest absolute Gasteiger partial charge is 0.399 e. The molecule has 1 aliphatic heterocycles. The molecule has 0 saturated carbocycles. The summed E-state index contributed by atoms with van der Waals surface area (Å²) < 4.78 is 16.8. The van der Waals surface area contributed by atoms with Crippen molar-refractivity contribution < 1.29 is 14.0 Å². The van der Waals surface area contributed by atoms with Gasteiger partial charge in [0.1, 0.15) is 0 Å². The van der Waals surface area contributed by atoms with E-state index in [1.165, 1.54) is 6.21 Å². The number of allylic oxidation sites excluding steroid dienone is 1. The summed E-state index contributed by atoms with van der Waals surface area (Å²) in [6.07, 6.45) is 3.02. The maximum atomic E-state index is 7.51. The Hall–Kier alpha value is -0.845. The SMILES string of the molecule is COC[C@H](C)N/C=C(\C=N)B1OC(C)(C)C(C)(C)O1. The number of nitrogens with one attached hydrogen (secondary N) is 2. The Kier molecular flexibility index (Phi) is 5.18. The zero-order valence-corrected chi connectivity index (χ0v) is 12.7. The predicted octanol–water partition coefficient (Wildman–Crippen LogP) is 1.78. The van der Waals surface area contributed by atoms with Gasteiger partial charge in [0.05, 0.1) is 17.8 Å². The number of hydrogen-bond acceptors (Lipinski definition) is 5. The van der Waals surface area contributed by atoms with Crippen molar-refractivity contribution >= 4 is 13.3 Å². The molecule has 6 heteroatoms. The van der Waals surface area contributed by atoms with Crippen LogP contribution in [0.4, 0.5) is 0 Å². The molecule has 0 aromatic heterocycles. The van der Waals surface area contributed by atoms with Crippen LogP contribution in [0.15, 0.2) is 11.7 Å². The molecule has 1 aliphatic rings. The van der Waals surface area contributed by atoms with Crippen molar-refractivity contribution in [3.8, 4) is 0 Å². The van der Waals surface area contributed by atoms with Crippen LogP contribution in [0.25, 0.3) is 0 Å². The monoisotopic (exact) mass is 268 g/mol. The zero-order valence-electron chi connectivity index (χ0n) is 12.7. The van der Waals surface area contributed by atoms with Crippen molar-refractivity contribution in [1.29, 1.82) is 5.41 Å². The molecule has 2 N–H and O–H groups in total. The van der Waals surface area contributed by atoms with Crippen molar-refractivity contribution in [2.24, 2.45) is 0 Å². The van der Waals surface area contributed by atoms with Gasteiger partial charge in [-0.3, -0.25) is 0 Å². The molecule has 0 bridgehead atoms. The van der Waals surface area contributed by atoms with E-state index in [2.05, 4.69) is 5.32 Å². The van der Waals surface area contributed by atoms with E-state index in [4.69, 9.17) is 19.5 Å². The molecule has 0 aromatic carbocycles. The lowest BCUT2D eigenvalue weighted by Gasteiger charge is -2.32. The molecule has 19 heavy (non-hydrogen) atoms. The van der Waals surface area contributed by atoms with E-state index in [0.717, 1.165) is 0 Å². The maximum Gasteiger partial charge on any atom is 0.497 e. The van der Waals surface area contributed by atoms with E-state index in [9.17, 15) is 0 Å². The zero-order chi connectivity index (χ0) is 14.7. The summed E-state index contributed by atoms with van der Waals surface area (Å²) in [6, 6.07) is 0.169. The van der Waals surface area contributed by atoms with Crippen LogP contribution >= 0.6 is 0 Å². The van der Waals surface area contributed by atoms with E-state index in [1.54, 1.807) is 13.3 Å². The molecule has 1 fully saturated rings. The average molecular weight is 268 g/mol. The van der Waals surface area contributed by atoms with Crippen LogP contribution in [0.3, 0.4) is 0 Å². The second-order valence-electron chi connectivity index (χ2n) is 5.90. The summed E-state index contributed by atoms with van der Waals surface area (Å²) in [4.78, 5) is 0. The Balaban J connectivity index is 2.72. The lowest BCUT2D eigenvalue weighted by Crippen LogP contribution is -2.41. The maximum absolute atomic E-state index is 7.51. The number of rotatable bonds is 6. The second-order valence-corrected chi connectivity index (χ2v) is 5.90. The standard InChI is InChI=1S/C13H25BN2O3/c1-10(9-17-6)16-8-11(7-15)14-18-12(2,3)13(4,5)19-14/h7-8,10,15-16H,9H2,1-6H3/b11-8+,15-7?/t10-/m0/s1. The van der Waals surface area contributed by atoms with Gasteiger partial charge in [0.15, 0.2) is 0 Å². The summed E-state index contributed by atoms with van der Waals surface area (Å²) in [6.45, 7) is 10.6. The molecule has 0 spiro atoms. The van der Waals surface area contributed by atoms with Crippen LogP contribution in [0.2, 0.25) is 0 Å². The van der Waals surface area contributed by atoms with Crippen LogP contribution in [0.5, 0.6) is 0 Å². The van der Waals surface area contributed by atoms with Gasteiger partial charge in [-0.1, -0.05) is 0 Å². The molecule has 5 nitrogen and oxygen atoms in total. The van der Waals surface area contributed by atoms with Crippen molar-refractivity contribution in [2.75, 3.05) is 13.7 Å². The first-order valence-corrected chi connectivity index (χ1v) is 6.54. The fraction of sp³-hybridized carbons (Fsp3) is 0.769. The van der Waals surface area contributed by atoms with Gasteiger partial charge in [-0.2, -0.15) is 0 Å². The minimum absolute atomic E-state index is 0.169. The van der Waals surface area contributed by atoms with Gasteiger partial charge < -0.3 is 24.8 Å². The molecular formula is C13H25BN2O3. The summed E-state index contributed by atoms with van der Waals surface area (Å²) in [5.41, 5.74) is -0.114. The minimum atomic E-state index is -0.509. The van der Waals surface area contributed by atoms with Gasteiger partial charge in [0, 0.05) is 24.8 Å². The van der Waals surface area contributed by atoms with E-state index in [0.29, 0.717) is 12.1 Å². The van der Waals surface area contributed by atoms with Gasteiger partial charge in [-0.05, 0) is 40.8 Å². The van der Waals surface area contributed by atoms with Crippen LogP contribution < -0.4 is 5.32 Å². The van der Waals surface area contributed by atoms with Crippen LogP contribution in [0.1, 0.15) is 34.6 Å². The Morgan fingerprint density at radius 3 is 2.26 bits per heavy atom. The first kappa shape index (κ1) is 16.2. The average Bonchev–Trinajstić information content (AvgIpc) is 2.49. The van der Waals surface area contributed by atoms with Gasteiger partial charge in [0.2, 0.25) is 0 Å². The number of ether oxygens (including phenoxy) is 1. The quantitative estimate of drug-likeness (QED) is 0.569. The highest BCUT2D eigenvalue weighted by molar-refractivity contribution is 6.60. The van der Waals surface area contributed by atoms with Crippen molar-refractivity contribution in [3.05, 3.63) is 11.7 Å². The molecule has 0 aliphatic carbocycles. The summed E-state index contributed by atoms with van der Waals surface area (Å²) in [5.74, 6) is 0. The molecular weight excluding hydrogens is 243 g/mol. The van der Waals surface area contributed by atoms with Crippen LogP contribution in [-0.2, 0) is 14.0 Å². The Morgan fingerprint density at radius 2 is 1.84 bits per heavy atom. The molecule has 0 radical (unpaired) electrons. The number of hydrogen-bond donors (Lipinski definition) is 2. The fourth-order valence-electron chi connectivity index (χ4n) is 1.69. The highest BCUT2D eigenvalue weighted by Crippen LogP contribution is 2.38. The second kappa shape index (κ2) is 6.07. The van der Waals surface area contributed by atoms with E-state index in [-0.39, 0.29) is 6.04 Å². The Morgan fingerprint density at radius 1 is 1.32 bits per heavy atom. The molecule has 1 rings (SSSR count). The third-order valence-electron chi connectivity index (χ3n) is 3.64. The molecule has 0 amide bonds. The van der Waals surface area contributed by atoms with Gasteiger partial charge >= 0.3 is 7.12 Å². The van der Waals surface area contributed by atoms with Crippen molar-refractivity contribution in [3.63, 3.8) is 0 Å². The van der Waals surface area contributed by atoms with Gasteiger partial charge in [0.25, 0.3) is 0 Å². The molecule has 1 atom stereocenters. The highest BCUT2D eigenvalue weighted by atomic mass is 16.7. The van der Waals surface area contributed by atoms with Crippen molar-refractivity contribution in [1.82, 2.24) is 5.32 Å². The summed E-state index contributed by atoms with van der Waals surface area (Å²) >= 11 is 0. The predicted molar refractivity (Wildman–Crippen MR) is 77.4 cm³/mol. The van der Waals surface area contributed by atoms with Gasteiger partial charge in [-0.15, -0.1) is 0 Å². The third-order valence-corrected chi connectivity index (χ3v) is 3.64.